The van der Waals surface area contributed by atoms with Crippen molar-refractivity contribution < 1.29 is 19.4 Å². The van der Waals surface area contributed by atoms with E-state index in [2.05, 4.69) is 5.32 Å². The fourth-order valence-electron chi connectivity index (χ4n) is 4.36. The molecule has 0 spiro atoms. The number of aromatic nitrogens is 1. The Labute approximate surface area is 203 Å². The van der Waals surface area contributed by atoms with Crippen LogP contribution in [0.2, 0.25) is 0 Å². The summed E-state index contributed by atoms with van der Waals surface area (Å²) in [5.74, 6) is 1.20. The van der Waals surface area contributed by atoms with Crippen LogP contribution in [0.1, 0.15) is 43.9 Å². The topological polar surface area (TPSA) is 89.8 Å². The second-order valence-corrected chi connectivity index (χ2v) is 9.37. The van der Waals surface area contributed by atoms with Crippen LogP contribution in [0, 0.1) is 0 Å². The van der Waals surface area contributed by atoms with Crippen LogP contribution in [0.4, 0.5) is 0 Å². The molecule has 0 bridgehead atoms. The van der Waals surface area contributed by atoms with Crippen molar-refractivity contribution in [1.29, 1.82) is 0 Å². The Morgan fingerprint density at radius 1 is 1.21 bits per heavy atom. The molecule has 2 atom stereocenters. The zero-order chi connectivity index (χ0) is 24.5. The number of nitrogens with zero attached hydrogens (tertiary/aromatic N) is 1. The lowest BCUT2D eigenvalue weighted by Crippen LogP contribution is -2.55. The van der Waals surface area contributed by atoms with Crippen LogP contribution in [-0.2, 0) is 11.3 Å². The molecule has 1 aliphatic heterocycles. The van der Waals surface area contributed by atoms with Gasteiger partial charge in [0, 0.05) is 17.7 Å². The van der Waals surface area contributed by atoms with Crippen LogP contribution in [0.5, 0.6) is 11.5 Å². The molecule has 4 rings (SSSR count). The highest BCUT2D eigenvalue weighted by Crippen LogP contribution is 2.42. The summed E-state index contributed by atoms with van der Waals surface area (Å²) in [6.07, 6.45) is -0.414. The van der Waals surface area contributed by atoms with Gasteiger partial charge in [-0.3, -0.25) is 9.59 Å². The van der Waals surface area contributed by atoms with Gasteiger partial charge in [-0.25, -0.2) is 0 Å². The quantitative estimate of drug-likeness (QED) is 0.498. The molecule has 1 aromatic heterocycles. The number of pyridine rings is 1. The molecule has 0 aliphatic carbocycles. The summed E-state index contributed by atoms with van der Waals surface area (Å²) >= 11 is 5.74. The second-order valence-electron chi connectivity index (χ2n) is 8.99. The van der Waals surface area contributed by atoms with Gasteiger partial charge >= 0.3 is 0 Å². The first-order valence-corrected chi connectivity index (χ1v) is 11.8. The maximum Gasteiger partial charge on any atom is 0.260 e. The summed E-state index contributed by atoms with van der Waals surface area (Å²) in [5, 5.41) is 14.7. The van der Waals surface area contributed by atoms with Gasteiger partial charge in [0.25, 0.3) is 5.56 Å². The Kier molecular flexibility index (Phi) is 6.86. The number of methoxy groups -OCH3 is 1. The van der Waals surface area contributed by atoms with Gasteiger partial charge < -0.3 is 24.5 Å². The fourth-order valence-corrected chi connectivity index (χ4v) is 4.49. The number of rotatable bonds is 7. The number of halogens is 1. The van der Waals surface area contributed by atoms with Crippen molar-refractivity contribution in [3.63, 3.8) is 0 Å². The van der Waals surface area contributed by atoms with Crippen LogP contribution in [0.3, 0.4) is 0 Å². The molecule has 180 valence electrons. The molecule has 34 heavy (non-hydrogen) atoms. The number of carbonyl (C=O) groups excluding carboxylic acids is 1. The number of fused-ring (bicyclic) bond motifs is 3. The number of hydrogen-bond donors (Lipinski definition) is 2. The number of aliphatic hydroxyl groups excluding tert-OH is 1. The van der Waals surface area contributed by atoms with Gasteiger partial charge in [-0.05, 0) is 50.1 Å². The molecule has 2 N–H and O–H groups in total. The number of alkyl halides is 1. The zero-order valence-corrected chi connectivity index (χ0v) is 20.3. The number of hydrogen-bond acceptors (Lipinski definition) is 5. The van der Waals surface area contributed by atoms with Crippen molar-refractivity contribution in [1.82, 2.24) is 9.88 Å². The highest BCUT2D eigenvalue weighted by Gasteiger charge is 2.46. The molecule has 8 heteroatoms. The summed E-state index contributed by atoms with van der Waals surface area (Å²) in [6.45, 7) is 3.80. The predicted octanol–water partition coefficient (Wildman–Crippen LogP) is 3.77. The minimum Gasteiger partial charge on any atom is -0.497 e. The monoisotopic (exact) mass is 484 g/mol. The maximum atomic E-state index is 13.9. The van der Waals surface area contributed by atoms with Crippen LogP contribution in [-0.4, -0.2) is 40.3 Å². The van der Waals surface area contributed by atoms with Gasteiger partial charge in [-0.1, -0.05) is 24.3 Å². The van der Waals surface area contributed by atoms with Gasteiger partial charge in [0.05, 0.1) is 30.8 Å². The average Bonchev–Trinajstić information content (AvgIpc) is 2.83. The van der Waals surface area contributed by atoms with Gasteiger partial charge in [0.1, 0.15) is 23.2 Å². The van der Waals surface area contributed by atoms with E-state index in [1.807, 2.05) is 48.5 Å². The summed E-state index contributed by atoms with van der Waals surface area (Å²) in [4.78, 5) is 26.5. The van der Waals surface area contributed by atoms with Crippen LogP contribution in [0.15, 0.2) is 53.3 Å². The normalized spacial score (nSPS) is 18.7. The largest absolute Gasteiger partial charge is 0.497 e. The van der Waals surface area contributed by atoms with E-state index < -0.39 is 17.7 Å². The van der Waals surface area contributed by atoms with E-state index >= 15 is 0 Å². The van der Waals surface area contributed by atoms with Crippen LogP contribution < -0.4 is 20.3 Å². The first-order chi connectivity index (χ1) is 16.3. The Morgan fingerprint density at radius 2 is 1.91 bits per heavy atom. The highest BCUT2D eigenvalue weighted by atomic mass is 35.5. The number of carbonyl (C=O) groups is 1. The maximum absolute atomic E-state index is 13.9. The smallest absolute Gasteiger partial charge is 0.260 e. The van der Waals surface area contributed by atoms with E-state index in [-0.39, 0.29) is 23.5 Å². The summed E-state index contributed by atoms with van der Waals surface area (Å²) < 4.78 is 13.1. The second kappa shape index (κ2) is 9.68. The third-order valence-corrected chi connectivity index (χ3v) is 6.48. The van der Waals surface area contributed by atoms with Gasteiger partial charge in [0.2, 0.25) is 5.91 Å². The third-order valence-electron chi connectivity index (χ3n) is 6.22. The zero-order valence-electron chi connectivity index (χ0n) is 19.5. The lowest BCUT2D eigenvalue weighted by Gasteiger charge is -2.42. The van der Waals surface area contributed by atoms with Crippen molar-refractivity contribution in [2.75, 3.05) is 13.0 Å². The molecule has 1 amide bonds. The Balaban J connectivity index is 1.88. The Bertz CT molecular complexity index is 1250. The number of benzene rings is 2. The molecular weight excluding hydrogens is 456 g/mol. The lowest BCUT2D eigenvalue weighted by molar-refractivity contribution is -0.125. The van der Waals surface area contributed by atoms with Crippen LogP contribution >= 0.6 is 11.6 Å². The molecule has 2 unspecified atom stereocenters. The van der Waals surface area contributed by atoms with Gasteiger partial charge in [-0.2, -0.15) is 0 Å². The van der Waals surface area contributed by atoms with E-state index in [4.69, 9.17) is 21.1 Å². The Morgan fingerprint density at radius 3 is 2.59 bits per heavy atom. The van der Waals surface area contributed by atoms with Crippen LogP contribution in [0.25, 0.3) is 10.9 Å². The van der Waals surface area contributed by atoms with E-state index in [1.165, 1.54) is 0 Å². The van der Waals surface area contributed by atoms with Crippen molar-refractivity contribution in [2.45, 2.75) is 51.0 Å². The molecular formula is C26H29ClN2O5. The number of para-hydroxylation sites is 1. The first kappa shape index (κ1) is 24.1. The standard InChI is InChI=1S/C26H29ClN2O5/c1-26(2)24(31)22(28-20(30)9-6-14-27)21-23(34-26)18-7-4-5-8-19(18)29(25(21)32)15-16-10-12-17(33-3)13-11-16/h4-5,7-8,10-13,22,24,31H,6,9,14-15H2,1-3H3,(H,28,30). The number of aliphatic hydroxyl groups is 1. The predicted molar refractivity (Wildman–Crippen MR) is 132 cm³/mol. The van der Waals surface area contributed by atoms with Gasteiger partial charge in [-0.15, -0.1) is 11.6 Å². The number of amides is 1. The SMILES string of the molecule is COc1ccc(Cn2c(=O)c3c(c4ccccc42)OC(C)(C)C(O)C3NC(=O)CCCCl)cc1. The molecule has 2 heterocycles. The highest BCUT2D eigenvalue weighted by molar-refractivity contribution is 6.17. The fraction of sp³-hybridized carbons (Fsp3) is 0.385. The molecule has 2 aromatic carbocycles. The Hall–Kier alpha value is -3.03. The summed E-state index contributed by atoms with van der Waals surface area (Å²) in [7, 11) is 1.60. The molecule has 0 saturated carbocycles. The number of nitrogens with one attached hydrogen (secondary N) is 1. The average molecular weight is 485 g/mol. The van der Waals surface area contributed by atoms with Crippen molar-refractivity contribution >= 4 is 28.4 Å². The molecule has 1 aliphatic rings. The van der Waals surface area contributed by atoms with Crippen molar-refractivity contribution in [3.05, 3.63) is 70.0 Å². The summed E-state index contributed by atoms with van der Waals surface area (Å²) in [5.41, 5.74) is 0.532. The van der Waals surface area contributed by atoms with E-state index in [9.17, 15) is 14.7 Å². The van der Waals surface area contributed by atoms with E-state index in [0.717, 1.165) is 16.7 Å². The molecule has 0 saturated heterocycles. The van der Waals surface area contributed by atoms with Crippen molar-refractivity contribution in [2.24, 2.45) is 0 Å². The summed E-state index contributed by atoms with van der Waals surface area (Å²) in [6, 6.07) is 14.1. The molecule has 0 fully saturated rings. The molecule has 0 radical (unpaired) electrons. The first-order valence-electron chi connectivity index (χ1n) is 11.3. The minimum atomic E-state index is -1.12. The third kappa shape index (κ3) is 4.50. The van der Waals surface area contributed by atoms with E-state index in [0.29, 0.717) is 30.1 Å². The van der Waals surface area contributed by atoms with Crippen molar-refractivity contribution in [3.8, 4) is 11.5 Å². The molecule has 3 aromatic rings. The minimum absolute atomic E-state index is 0.205. The van der Waals surface area contributed by atoms with Gasteiger partial charge in [0.15, 0.2) is 0 Å². The number of ether oxygens (including phenoxy) is 2. The van der Waals surface area contributed by atoms with E-state index in [1.54, 1.807) is 25.5 Å². The molecule has 7 nitrogen and oxygen atoms in total. The lowest BCUT2D eigenvalue weighted by atomic mass is 9.86.